The van der Waals surface area contributed by atoms with Gasteiger partial charge in [-0.05, 0) is 43.9 Å². The standard InChI is InChI=1S/C17H23NO4/c1-11-4-5-13-15(7-11)22-10-14(17(13)21)18-6-2-3-12(9-18)8-16(19)20/h4-5,7,12,14,17,21H,2-3,6,8-10H2,1H3,(H,19,20)/t12?,14-,17+/m0/s1. The Labute approximate surface area is 130 Å². The van der Waals surface area contributed by atoms with E-state index < -0.39 is 12.1 Å². The van der Waals surface area contributed by atoms with E-state index in [4.69, 9.17) is 9.84 Å². The minimum absolute atomic E-state index is 0.0909. The Kier molecular flexibility index (Phi) is 4.36. The summed E-state index contributed by atoms with van der Waals surface area (Å²) in [7, 11) is 0. The fraction of sp³-hybridized carbons (Fsp3) is 0.588. The maximum Gasteiger partial charge on any atom is 0.303 e. The molecule has 1 unspecified atom stereocenters. The van der Waals surface area contributed by atoms with E-state index in [0.29, 0.717) is 6.61 Å². The topological polar surface area (TPSA) is 70.0 Å². The highest BCUT2D eigenvalue weighted by atomic mass is 16.5. The highest BCUT2D eigenvalue weighted by Crippen LogP contribution is 2.36. The first-order valence-corrected chi connectivity index (χ1v) is 7.92. The maximum atomic E-state index is 10.9. The minimum atomic E-state index is -0.742. The second kappa shape index (κ2) is 6.26. The molecule has 2 aliphatic heterocycles. The average Bonchev–Trinajstić information content (AvgIpc) is 2.47. The molecule has 2 heterocycles. The van der Waals surface area contributed by atoms with Crippen molar-refractivity contribution in [3.8, 4) is 5.75 Å². The Balaban J connectivity index is 1.72. The zero-order valence-electron chi connectivity index (χ0n) is 12.9. The molecule has 5 nitrogen and oxygen atoms in total. The number of aliphatic carboxylic acids is 1. The van der Waals surface area contributed by atoms with Gasteiger partial charge in [0.1, 0.15) is 18.5 Å². The molecule has 0 radical (unpaired) electrons. The first-order valence-electron chi connectivity index (χ1n) is 7.92. The van der Waals surface area contributed by atoms with Gasteiger partial charge in [-0.2, -0.15) is 0 Å². The van der Waals surface area contributed by atoms with Crippen LogP contribution in [-0.2, 0) is 4.79 Å². The Morgan fingerprint density at radius 3 is 3.05 bits per heavy atom. The van der Waals surface area contributed by atoms with Gasteiger partial charge in [-0.15, -0.1) is 0 Å². The summed E-state index contributed by atoms with van der Waals surface area (Å²) in [4.78, 5) is 13.1. The number of fused-ring (bicyclic) bond motifs is 1. The number of likely N-dealkylation sites (tertiary alicyclic amines) is 1. The second-order valence-corrected chi connectivity index (χ2v) is 6.47. The summed E-state index contributed by atoms with van der Waals surface area (Å²) in [6, 6.07) is 5.78. The van der Waals surface area contributed by atoms with Gasteiger partial charge >= 0.3 is 5.97 Å². The summed E-state index contributed by atoms with van der Waals surface area (Å²) in [6.07, 6.45) is 1.55. The first kappa shape index (κ1) is 15.3. The molecule has 0 amide bonds. The number of carbonyl (C=O) groups is 1. The Morgan fingerprint density at radius 2 is 2.27 bits per heavy atom. The Morgan fingerprint density at radius 1 is 1.45 bits per heavy atom. The van der Waals surface area contributed by atoms with Crippen molar-refractivity contribution < 1.29 is 19.7 Å². The molecular weight excluding hydrogens is 282 g/mol. The van der Waals surface area contributed by atoms with Crippen molar-refractivity contribution in [3.63, 3.8) is 0 Å². The number of benzene rings is 1. The molecule has 5 heteroatoms. The largest absolute Gasteiger partial charge is 0.491 e. The number of aliphatic hydroxyl groups excluding tert-OH is 1. The zero-order chi connectivity index (χ0) is 15.7. The summed E-state index contributed by atoms with van der Waals surface area (Å²) in [6.45, 7) is 4.07. The number of aliphatic hydroxyl groups is 1. The van der Waals surface area contributed by atoms with Gasteiger partial charge in [-0.3, -0.25) is 9.69 Å². The van der Waals surface area contributed by atoms with Gasteiger partial charge in [0.2, 0.25) is 0 Å². The molecule has 2 N–H and O–H groups in total. The highest BCUT2D eigenvalue weighted by Gasteiger charge is 2.36. The third-order valence-electron chi connectivity index (χ3n) is 4.74. The molecule has 120 valence electrons. The zero-order valence-corrected chi connectivity index (χ0v) is 12.9. The van der Waals surface area contributed by atoms with E-state index in [1.807, 2.05) is 25.1 Å². The lowest BCUT2D eigenvalue weighted by atomic mass is 9.90. The molecule has 0 spiro atoms. The van der Waals surface area contributed by atoms with Crippen LogP contribution in [0.3, 0.4) is 0 Å². The number of rotatable bonds is 3. The summed E-state index contributed by atoms with van der Waals surface area (Å²) in [5.41, 5.74) is 1.95. The fourth-order valence-corrected chi connectivity index (χ4v) is 3.60. The summed E-state index contributed by atoms with van der Waals surface area (Å²) >= 11 is 0. The van der Waals surface area contributed by atoms with Crippen LogP contribution in [0, 0.1) is 12.8 Å². The lowest BCUT2D eigenvalue weighted by molar-refractivity contribution is -0.138. The normalized spacial score (nSPS) is 28.7. The molecule has 2 aliphatic rings. The molecule has 3 atom stereocenters. The van der Waals surface area contributed by atoms with E-state index in [1.54, 1.807) is 0 Å². The van der Waals surface area contributed by atoms with Crippen LogP contribution < -0.4 is 4.74 Å². The average molecular weight is 305 g/mol. The van der Waals surface area contributed by atoms with E-state index >= 15 is 0 Å². The molecule has 3 rings (SSSR count). The summed E-state index contributed by atoms with van der Waals surface area (Å²) in [5.74, 6) is 0.189. The molecule has 0 aromatic heterocycles. The number of piperidine rings is 1. The van der Waals surface area contributed by atoms with Gasteiger partial charge in [0.15, 0.2) is 0 Å². The molecule has 1 aromatic rings. The van der Waals surface area contributed by atoms with Crippen molar-refractivity contribution in [3.05, 3.63) is 29.3 Å². The molecule has 0 saturated carbocycles. The second-order valence-electron chi connectivity index (χ2n) is 6.47. The molecule has 0 aliphatic carbocycles. The lowest BCUT2D eigenvalue weighted by Gasteiger charge is -2.42. The number of ether oxygens (including phenoxy) is 1. The molecule has 1 aromatic carbocycles. The van der Waals surface area contributed by atoms with Crippen molar-refractivity contribution in [2.24, 2.45) is 5.92 Å². The predicted molar refractivity (Wildman–Crippen MR) is 82.0 cm³/mol. The van der Waals surface area contributed by atoms with Crippen LogP contribution in [0.25, 0.3) is 0 Å². The van der Waals surface area contributed by atoms with Crippen molar-refractivity contribution in [1.82, 2.24) is 4.90 Å². The number of hydrogen-bond donors (Lipinski definition) is 2. The maximum absolute atomic E-state index is 10.9. The summed E-state index contributed by atoms with van der Waals surface area (Å²) < 4.78 is 5.84. The van der Waals surface area contributed by atoms with Gasteiger partial charge in [0, 0.05) is 18.5 Å². The number of aryl methyl sites for hydroxylation is 1. The van der Waals surface area contributed by atoms with Crippen LogP contribution in [0.1, 0.15) is 36.5 Å². The van der Waals surface area contributed by atoms with Crippen molar-refractivity contribution in [2.75, 3.05) is 19.7 Å². The molecular formula is C17H23NO4. The van der Waals surface area contributed by atoms with Crippen molar-refractivity contribution >= 4 is 5.97 Å². The van der Waals surface area contributed by atoms with E-state index in [0.717, 1.165) is 42.8 Å². The fourth-order valence-electron chi connectivity index (χ4n) is 3.60. The Hall–Kier alpha value is -1.59. The van der Waals surface area contributed by atoms with Crippen LogP contribution in [0.15, 0.2) is 18.2 Å². The third-order valence-corrected chi connectivity index (χ3v) is 4.74. The van der Waals surface area contributed by atoms with Crippen LogP contribution >= 0.6 is 0 Å². The van der Waals surface area contributed by atoms with Gasteiger partial charge in [0.25, 0.3) is 0 Å². The third kappa shape index (κ3) is 3.10. The monoisotopic (exact) mass is 305 g/mol. The summed E-state index contributed by atoms with van der Waals surface area (Å²) in [5, 5.41) is 19.7. The van der Waals surface area contributed by atoms with E-state index in [2.05, 4.69) is 4.90 Å². The Bertz CT molecular complexity index is 560. The number of carboxylic acid groups (broad SMARTS) is 1. The van der Waals surface area contributed by atoms with Crippen LogP contribution in [0.5, 0.6) is 5.75 Å². The van der Waals surface area contributed by atoms with Crippen molar-refractivity contribution in [2.45, 2.75) is 38.3 Å². The number of hydrogen-bond acceptors (Lipinski definition) is 4. The molecule has 22 heavy (non-hydrogen) atoms. The van der Waals surface area contributed by atoms with E-state index in [1.165, 1.54) is 0 Å². The van der Waals surface area contributed by atoms with Gasteiger partial charge < -0.3 is 14.9 Å². The quantitative estimate of drug-likeness (QED) is 0.893. The van der Waals surface area contributed by atoms with Gasteiger partial charge in [0.05, 0.1) is 6.04 Å². The lowest BCUT2D eigenvalue weighted by Crippen LogP contribution is -2.50. The van der Waals surface area contributed by atoms with Crippen LogP contribution in [-0.4, -0.2) is 46.8 Å². The van der Waals surface area contributed by atoms with Gasteiger partial charge in [-0.1, -0.05) is 12.1 Å². The number of carboxylic acids is 1. The van der Waals surface area contributed by atoms with Crippen LogP contribution in [0.4, 0.5) is 0 Å². The molecule has 1 fully saturated rings. The predicted octanol–water partition coefficient (Wildman–Crippen LogP) is 1.98. The van der Waals surface area contributed by atoms with Gasteiger partial charge in [-0.25, -0.2) is 0 Å². The first-order chi connectivity index (χ1) is 10.5. The van der Waals surface area contributed by atoms with Crippen LogP contribution in [0.2, 0.25) is 0 Å². The van der Waals surface area contributed by atoms with E-state index in [9.17, 15) is 9.90 Å². The number of nitrogens with zero attached hydrogens (tertiary/aromatic N) is 1. The smallest absolute Gasteiger partial charge is 0.303 e. The molecule has 1 saturated heterocycles. The SMILES string of the molecule is Cc1ccc2c(c1)OC[C@H](N1CCCC(CC(=O)O)C1)[C@@H]2O. The highest BCUT2D eigenvalue weighted by molar-refractivity contribution is 5.67. The molecule has 0 bridgehead atoms. The van der Waals surface area contributed by atoms with Crippen molar-refractivity contribution in [1.29, 1.82) is 0 Å². The minimum Gasteiger partial charge on any atom is -0.491 e. The van der Waals surface area contributed by atoms with E-state index in [-0.39, 0.29) is 18.4 Å².